The average molecular weight is 422 g/mol. The number of fused-ring (bicyclic) bond motifs is 1. The molecule has 0 unspecified atom stereocenters. The van der Waals surface area contributed by atoms with Gasteiger partial charge in [-0.3, -0.25) is 9.59 Å². The van der Waals surface area contributed by atoms with Crippen molar-refractivity contribution in [3.63, 3.8) is 0 Å². The predicted molar refractivity (Wildman–Crippen MR) is 127 cm³/mol. The number of nitrogens with one attached hydrogen (secondary N) is 2. The van der Waals surface area contributed by atoms with Crippen molar-refractivity contribution in [2.24, 2.45) is 5.10 Å². The maximum absolute atomic E-state index is 13.0. The molecule has 0 fully saturated rings. The van der Waals surface area contributed by atoms with Gasteiger partial charge in [0, 0.05) is 5.56 Å². The minimum absolute atomic E-state index is 0.165. The summed E-state index contributed by atoms with van der Waals surface area (Å²) in [7, 11) is 0. The van der Waals surface area contributed by atoms with Crippen LogP contribution >= 0.6 is 0 Å². The molecular weight excluding hydrogens is 398 g/mol. The van der Waals surface area contributed by atoms with Crippen molar-refractivity contribution in [1.29, 1.82) is 0 Å². The zero-order valence-corrected chi connectivity index (χ0v) is 17.4. The molecule has 2 N–H and O–H groups in total. The van der Waals surface area contributed by atoms with Gasteiger partial charge in [0.2, 0.25) is 5.91 Å². The maximum atomic E-state index is 13.0. The van der Waals surface area contributed by atoms with Crippen LogP contribution in [0.4, 0.5) is 0 Å². The van der Waals surface area contributed by atoms with Crippen LogP contribution in [0.5, 0.6) is 0 Å². The van der Waals surface area contributed by atoms with Gasteiger partial charge in [-0.2, -0.15) is 5.10 Å². The Morgan fingerprint density at radius 3 is 2.03 bits per heavy atom. The molecule has 0 saturated carbocycles. The van der Waals surface area contributed by atoms with Crippen LogP contribution in [-0.4, -0.2) is 24.6 Å². The molecule has 0 heterocycles. The molecule has 0 saturated heterocycles. The molecule has 0 aliphatic heterocycles. The molecule has 0 aliphatic rings. The molecule has 5 nitrogen and oxygen atoms in total. The summed E-state index contributed by atoms with van der Waals surface area (Å²) in [5.74, 6) is -1.13. The van der Waals surface area contributed by atoms with Gasteiger partial charge in [-0.05, 0) is 21.9 Å². The van der Waals surface area contributed by atoms with Gasteiger partial charge in [0.15, 0.2) is 0 Å². The highest BCUT2D eigenvalue weighted by atomic mass is 16.2. The van der Waals surface area contributed by atoms with Crippen LogP contribution in [0.3, 0.4) is 0 Å². The molecule has 4 aromatic rings. The maximum Gasteiger partial charge on any atom is 0.259 e. The molecule has 2 amide bonds. The van der Waals surface area contributed by atoms with Crippen LogP contribution in [0, 0.1) is 0 Å². The summed E-state index contributed by atoms with van der Waals surface area (Å²) < 4.78 is 0. The summed E-state index contributed by atoms with van der Waals surface area (Å²) in [5.41, 5.74) is 5.12. The minimum Gasteiger partial charge on any atom is -0.346 e. The zero-order chi connectivity index (χ0) is 22.2. The Hall–Kier alpha value is -4.25. The second kappa shape index (κ2) is 10.2. The molecule has 4 rings (SSSR count). The molecule has 32 heavy (non-hydrogen) atoms. The number of hydrogen-bond donors (Lipinski definition) is 2. The highest BCUT2D eigenvalue weighted by molar-refractivity contribution is 6.00. The van der Waals surface area contributed by atoms with Crippen LogP contribution in [-0.2, 0) is 9.59 Å². The molecule has 0 aromatic heterocycles. The lowest BCUT2D eigenvalue weighted by molar-refractivity contribution is -0.126. The zero-order valence-electron chi connectivity index (χ0n) is 17.4. The van der Waals surface area contributed by atoms with Crippen LogP contribution in [0.1, 0.15) is 22.6 Å². The van der Waals surface area contributed by atoms with E-state index in [4.69, 9.17) is 0 Å². The summed E-state index contributed by atoms with van der Waals surface area (Å²) in [6.45, 7) is -0.165. The lowest BCUT2D eigenvalue weighted by Gasteiger charge is -2.17. The molecule has 4 aromatic carbocycles. The van der Waals surface area contributed by atoms with Gasteiger partial charge < -0.3 is 5.32 Å². The molecular formula is C27H23N3O2. The molecule has 0 radical (unpaired) electrons. The number of nitrogens with zero attached hydrogens (tertiary/aromatic N) is 1. The Morgan fingerprint density at radius 1 is 0.750 bits per heavy atom. The topological polar surface area (TPSA) is 70.6 Å². The lowest BCUT2D eigenvalue weighted by atomic mass is 9.90. The van der Waals surface area contributed by atoms with Crippen molar-refractivity contribution in [2.75, 3.05) is 6.54 Å². The van der Waals surface area contributed by atoms with E-state index in [-0.39, 0.29) is 12.5 Å². The normalized spacial score (nSPS) is 11.0. The summed E-state index contributed by atoms with van der Waals surface area (Å²) in [6.07, 6.45) is 1.61. The van der Waals surface area contributed by atoms with E-state index in [0.717, 1.165) is 27.5 Å². The highest BCUT2D eigenvalue weighted by Gasteiger charge is 2.22. The Kier molecular flexibility index (Phi) is 6.68. The third-order valence-electron chi connectivity index (χ3n) is 5.17. The number of rotatable bonds is 7. The van der Waals surface area contributed by atoms with Crippen molar-refractivity contribution in [2.45, 2.75) is 5.92 Å². The summed E-state index contributed by atoms with van der Waals surface area (Å²) in [6, 6.07) is 32.9. The van der Waals surface area contributed by atoms with E-state index >= 15 is 0 Å². The fourth-order valence-electron chi connectivity index (χ4n) is 3.63. The predicted octanol–water partition coefficient (Wildman–Crippen LogP) is 4.24. The van der Waals surface area contributed by atoms with Crippen LogP contribution < -0.4 is 10.7 Å². The van der Waals surface area contributed by atoms with E-state index in [0.29, 0.717) is 0 Å². The molecule has 0 atom stereocenters. The fraction of sp³-hybridized carbons (Fsp3) is 0.0741. The van der Waals surface area contributed by atoms with Crippen LogP contribution in [0.2, 0.25) is 0 Å². The van der Waals surface area contributed by atoms with Gasteiger partial charge in [-0.25, -0.2) is 5.43 Å². The third kappa shape index (κ3) is 5.08. The Labute approximate surface area is 186 Å². The first-order valence-electron chi connectivity index (χ1n) is 10.4. The number of hydrazone groups is 1. The van der Waals surface area contributed by atoms with Crippen LogP contribution in [0.15, 0.2) is 108 Å². The second-order valence-electron chi connectivity index (χ2n) is 7.33. The summed E-state index contributed by atoms with van der Waals surface area (Å²) in [4.78, 5) is 25.2. The van der Waals surface area contributed by atoms with Crippen LogP contribution in [0.25, 0.3) is 10.8 Å². The molecule has 0 spiro atoms. The fourth-order valence-corrected chi connectivity index (χ4v) is 3.63. The van der Waals surface area contributed by atoms with Gasteiger partial charge in [0.05, 0.1) is 18.7 Å². The van der Waals surface area contributed by atoms with E-state index in [1.807, 2.05) is 103 Å². The first-order valence-corrected chi connectivity index (χ1v) is 10.4. The summed E-state index contributed by atoms with van der Waals surface area (Å²) >= 11 is 0. The van der Waals surface area contributed by atoms with Gasteiger partial charge >= 0.3 is 0 Å². The Balaban J connectivity index is 1.39. The average Bonchev–Trinajstić information content (AvgIpc) is 2.84. The molecule has 0 aliphatic carbocycles. The van der Waals surface area contributed by atoms with Gasteiger partial charge in [0.25, 0.3) is 5.91 Å². The van der Waals surface area contributed by atoms with Crippen molar-refractivity contribution < 1.29 is 9.59 Å². The van der Waals surface area contributed by atoms with Gasteiger partial charge in [-0.15, -0.1) is 0 Å². The largest absolute Gasteiger partial charge is 0.346 e. The molecule has 0 bridgehead atoms. The van der Waals surface area contributed by atoms with E-state index in [2.05, 4.69) is 15.8 Å². The first-order chi connectivity index (χ1) is 15.7. The van der Waals surface area contributed by atoms with E-state index in [1.165, 1.54) is 0 Å². The highest BCUT2D eigenvalue weighted by Crippen LogP contribution is 2.24. The third-order valence-corrected chi connectivity index (χ3v) is 5.17. The Morgan fingerprint density at radius 2 is 1.34 bits per heavy atom. The first kappa shape index (κ1) is 21.0. The monoisotopic (exact) mass is 421 g/mol. The van der Waals surface area contributed by atoms with Crippen molar-refractivity contribution in [3.8, 4) is 0 Å². The smallest absolute Gasteiger partial charge is 0.259 e. The van der Waals surface area contributed by atoms with E-state index in [9.17, 15) is 9.59 Å². The molecule has 5 heteroatoms. The summed E-state index contributed by atoms with van der Waals surface area (Å²) in [5, 5.41) is 8.94. The number of carbonyl (C=O) groups is 2. The standard InChI is InChI=1S/C27H23N3O2/c31-25(30-29-18-23-16-9-15-20-10-7-8-17-24(20)23)19-28-27(32)26(21-11-3-1-4-12-21)22-13-5-2-6-14-22/h1-18,26H,19H2,(H,28,32)(H,30,31)/b29-18-. The minimum atomic E-state index is -0.496. The molecule has 158 valence electrons. The SMILES string of the molecule is O=C(CNC(=O)C(c1ccccc1)c1ccccc1)N/N=C\c1cccc2ccccc12. The van der Waals surface area contributed by atoms with Crippen molar-refractivity contribution >= 4 is 28.8 Å². The lowest BCUT2D eigenvalue weighted by Crippen LogP contribution is -2.37. The number of carbonyl (C=O) groups excluding carboxylic acids is 2. The van der Waals surface area contributed by atoms with Gasteiger partial charge in [-0.1, -0.05) is 103 Å². The van der Waals surface area contributed by atoms with Crippen molar-refractivity contribution in [3.05, 3.63) is 120 Å². The number of benzene rings is 4. The van der Waals surface area contributed by atoms with Crippen molar-refractivity contribution in [1.82, 2.24) is 10.7 Å². The Bertz CT molecular complexity index is 1190. The second-order valence-corrected chi connectivity index (χ2v) is 7.33. The number of hydrogen-bond acceptors (Lipinski definition) is 3. The van der Waals surface area contributed by atoms with Gasteiger partial charge in [0.1, 0.15) is 0 Å². The van der Waals surface area contributed by atoms with E-state index < -0.39 is 11.8 Å². The van der Waals surface area contributed by atoms with E-state index in [1.54, 1.807) is 6.21 Å². The number of amides is 2. The quantitative estimate of drug-likeness (QED) is 0.346.